The fraction of sp³-hybridized carbons (Fsp3) is 0. The highest BCUT2D eigenvalue weighted by Gasteiger charge is 2.08. The van der Waals surface area contributed by atoms with E-state index in [1.54, 1.807) is 12.3 Å². The molecule has 0 aliphatic heterocycles. The lowest BCUT2D eigenvalue weighted by Crippen LogP contribution is -1.82. The van der Waals surface area contributed by atoms with Gasteiger partial charge in [-0.05, 0) is 34.1 Å². The summed E-state index contributed by atoms with van der Waals surface area (Å²) < 4.78 is 14.6. The van der Waals surface area contributed by atoms with Crippen LogP contribution in [0.2, 0.25) is 0 Å². The maximum atomic E-state index is 12.7. The van der Waals surface area contributed by atoms with Crippen LogP contribution >= 0.6 is 27.3 Å². The van der Waals surface area contributed by atoms with Crippen LogP contribution in [0, 0.1) is 5.95 Å². The van der Waals surface area contributed by atoms with Gasteiger partial charge in [-0.1, -0.05) is 0 Å². The van der Waals surface area contributed by atoms with Crippen LogP contribution in [0.4, 0.5) is 4.39 Å². The molecule has 3 rings (SSSR count). The van der Waals surface area contributed by atoms with Gasteiger partial charge in [-0.2, -0.15) is 4.39 Å². The summed E-state index contributed by atoms with van der Waals surface area (Å²) in [6.45, 7) is 0. The first-order valence-electron chi connectivity index (χ1n) is 4.76. The summed E-state index contributed by atoms with van der Waals surface area (Å²) in [5.74, 6) is -0.490. The number of aromatic nitrogens is 3. The summed E-state index contributed by atoms with van der Waals surface area (Å²) in [4.78, 5) is 12.2. The summed E-state index contributed by atoms with van der Waals surface area (Å²) >= 11 is 4.87. The molecule has 3 aromatic heterocycles. The van der Waals surface area contributed by atoms with Crippen LogP contribution in [0.1, 0.15) is 0 Å². The van der Waals surface area contributed by atoms with Crippen molar-refractivity contribution in [2.24, 2.45) is 0 Å². The molecule has 84 valence electrons. The van der Waals surface area contributed by atoms with Crippen LogP contribution in [0.3, 0.4) is 0 Å². The van der Waals surface area contributed by atoms with Crippen LogP contribution in [-0.2, 0) is 0 Å². The Morgan fingerprint density at radius 3 is 2.82 bits per heavy atom. The first-order chi connectivity index (χ1) is 8.22. The fourth-order valence-corrected chi connectivity index (χ4v) is 2.86. The summed E-state index contributed by atoms with van der Waals surface area (Å²) in [5, 5.41) is 0.790. The van der Waals surface area contributed by atoms with Gasteiger partial charge in [-0.25, -0.2) is 15.0 Å². The van der Waals surface area contributed by atoms with Crippen molar-refractivity contribution in [3.63, 3.8) is 0 Å². The van der Waals surface area contributed by atoms with Gasteiger partial charge in [-0.3, -0.25) is 0 Å². The van der Waals surface area contributed by atoms with Crippen molar-refractivity contribution in [2.45, 2.75) is 0 Å². The van der Waals surface area contributed by atoms with E-state index >= 15 is 0 Å². The minimum atomic E-state index is -0.490. The number of hydrogen-bond donors (Lipinski definition) is 0. The molecule has 0 atom stereocenters. The first kappa shape index (κ1) is 10.7. The molecule has 0 fully saturated rings. The number of halogens is 2. The Labute approximate surface area is 109 Å². The van der Waals surface area contributed by atoms with Crippen LogP contribution in [0.5, 0.6) is 0 Å². The predicted molar refractivity (Wildman–Crippen MR) is 68.3 cm³/mol. The molecule has 6 heteroatoms. The zero-order chi connectivity index (χ0) is 11.8. The average Bonchev–Trinajstić information content (AvgIpc) is 2.72. The van der Waals surface area contributed by atoms with Gasteiger partial charge < -0.3 is 0 Å². The van der Waals surface area contributed by atoms with Crippen molar-refractivity contribution in [3.05, 3.63) is 41.0 Å². The summed E-state index contributed by atoms with van der Waals surface area (Å²) in [6, 6.07) is 4.94. The van der Waals surface area contributed by atoms with E-state index in [1.165, 1.54) is 23.6 Å². The van der Waals surface area contributed by atoms with Gasteiger partial charge >= 0.3 is 0 Å². The minimum Gasteiger partial charge on any atom is -0.235 e. The molecule has 0 aliphatic carbocycles. The molecular formula is C11H5BrFN3S. The molecule has 0 saturated carbocycles. The van der Waals surface area contributed by atoms with Crippen molar-refractivity contribution in [1.82, 2.24) is 15.0 Å². The molecule has 0 N–H and O–H groups in total. The van der Waals surface area contributed by atoms with E-state index in [9.17, 15) is 4.39 Å². The fourth-order valence-electron chi connectivity index (χ4n) is 1.42. The maximum absolute atomic E-state index is 12.7. The number of thiazole rings is 1. The van der Waals surface area contributed by atoms with Crippen molar-refractivity contribution in [3.8, 4) is 10.6 Å². The normalized spacial score (nSPS) is 10.9. The largest absolute Gasteiger partial charge is 0.235 e. The van der Waals surface area contributed by atoms with Gasteiger partial charge in [0.1, 0.15) is 5.01 Å². The molecule has 0 radical (unpaired) electrons. The van der Waals surface area contributed by atoms with Crippen molar-refractivity contribution >= 4 is 37.6 Å². The van der Waals surface area contributed by atoms with Gasteiger partial charge in [-0.15, -0.1) is 11.3 Å². The van der Waals surface area contributed by atoms with E-state index in [2.05, 4.69) is 30.9 Å². The molecule has 0 unspecified atom stereocenters. The van der Waals surface area contributed by atoms with Crippen molar-refractivity contribution < 1.29 is 4.39 Å². The third-order valence-electron chi connectivity index (χ3n) is 2.19. The second-order valence-electron chi connectivity index (χ2n) is 3.36. The van der Waals surface area contributed by atoms with Gasteiger partial charge in [0.2, 0.25) is 5.95 Å². The molecule has 3 nitrogen and oxygen atoms in total. The van der Waals surface area contributed by atoms with E-state index in [1.807, 2.05) is 6.07 Å². The Bertz CT molecular complexity index is 681. The van der Waals surface area contributed by atoms with Crippen LogP contribution < -0.4 is 0 Å². The third kappa shape index (κ3) is 2.05. The summed E-state index contributed by atoms with van der Waals surface area (Å²) in [6.07, 6.45) is 3.18. The Hall–Kier alpha value is -1.40. The Balaban J connectivity index is 2.14. The van der Waals surface area contributed by atoms with Crippen molar-refractivity contribution in [1.29, 1.82) is 0 Å². The second kappa shape index (κ2) is 4.12. The van der Waals surface area contributed by atoms with Gasteiger partial charge in [0.05, 0.1) is 4.70 Å². The van der Waals surface area contributed by atoms with Gasteiger partial charge in [0, 0.05) is 22.4 Å². The lowest BCUT2D eigenvalue weighted by molar-refractivity contribution is 0.584. The molecule has 17 heavy (non-hydrogen) atoms. The Morgan fingerprint density at radius 1 is 1.18 bits per heavy atom. The first-order valence-corrected chi connectivity index (χ1v) is 6.37. The van der Waals surface area contributed by atoms with Crippen molar-refractivity contribution in [2.75, 3.05) is 0 Å². The van der Waals surface area contributed by atoms with E-state index in [0.717, 1.165) is 19.7 Å². The van der Waals surface area contributed by atoms with Gasteiger partial charge in [0.25, 0.3) is 0 Å². The molecule has 0 saturated heterocycles. The van der Waals surface area contributed by atoms with Crippen LogP contribution in [0.25, 0.3) is 20.9 Å². The molecule has 3 heterocycles. The molecular weight excluding hydrogens is 305 g/mol. The zero-order valence-corrected chi connectivity index (χ0v) is 10.8. The highest BCUT2D eigenvalue weighted by atomic mass is 79.9. The van der Waals surface area contributed by atoms with Crippen LogP contribution in [-0.4, -0.2) is 15.0 Å². The number of rotatable bonds is 1. The quantitative estimate of drug-likeness (QED) is 0.644. The molecule has 0 aromatic carbocycles. The summed E-state index contributed by atoms with van der Waals surface area (Å²) in [7, 11) is 0. The Morgan fingerprint density at radius 2 is 2.06 bits per heavy atom. The SMILES string of the molecule is Fc1ccc(-c2nc3ncc(Br)cc3s2)cn1. The third-order valence-corrected chi connectivity index (χ3v) is 3.66. The van der Waals surface area contributed by atoms with Gasteiger partial charge in [0.15, 0.2) is 5.65 Å². The molecule has 3 aromatic rings. The van der Waals surface area contributed by atoms with E-state index < -0.39 is 5.95 Å². The van der Waals surface area contributed by atoms with E-state index in [4.69, 9.17) is 0 Å². The predicted octanol–water partition coefficient (Wildman–Crippen LogP) is 3.65. The standard InChI is InChI=1S/C11H5BrFN3S/c12-7-3-8-10(15-5-7)16-11(17-8)6-1-2-9(13)14-4-6/h1-5H. The number of nitrogens with zero attached hydrogens (tertiary/aromatic N) is 3. The highest BCUT2D eigenvalue weighted by Crippen LogP contribution is 2.30. The minimum absolute atomic E-state index is 0.490. The maximum Gasteiger partial charge on any atom is 0.212 e. The second-order valence-corrected chi connectivity index (χ2v) is 5.31. The average molecular weight is 310 g/mol. The lowest BCUT2D eigenvalue weighted by Gasteiger charge is -1.93. The monoisotopic (exact) mass is 309 g/mol. The molecule has 0 amide bonds. The molecule has 0 spiro atoms. The number of pyridine rings is 2. The number of fused-ring (bicyclic) bond motifs is 1. The number of hydrogen-bond acceptors (Lipinski definition) is 4. The van der Waals surface area contributed by atoms with E-state index in [0.29, 0.717) is 5.65 Å². The highest BCUT2D eigenvalue weighted by molar-refractivity contribution is 9.10. The lowest BCUT2D eigenvalue weighted by atomic mass is 10.3. The topological polar surface area (TPSA) is 38.7 Å². The zero-order valence-electron chi connectivity index (χ0n) is 8.39. The van der Waals surface area contributed by atoms with Crippen LogP contribution in [0.15, 0.2) is 35.1 Å². The Kier molecular flexibility index (Phi) is 2.60. The molecule has 0 bridgehead atoms. The smallest absolute Gasteiger partial charge is 0.212 e. The summed E-state index contributed by atoms with van der Waals surface area (Å²) in [5.41, 5.74) is 1.49. The van der Waals surface area contributed by atoms with E-state index in [-0.39, 0.29) is 0 Å². The molecule has 0 aliphatic rings.